The molecule has 0 saturated heterocycles. The Balaban J connectivity index is 2.05. The van der Waals surface area contributed by atoms with E-state index in [9.17, 15) is 4.79 Å². The van der Waals surface area contributed by atoms with Crippen molar-refractivity contribution in [1.82, 2.24) is 0 Å². The lowest BCUT2D eigenvalue weighted by atomic mass is 9.40. The smallest absolute Gasteiger partial charge is 0.127 e. The molecule has 3 aliphatic carbocycles. The highest BCUT2D eigenvalue weighted by molar-refractivity contribution is 5.61. The summed E-state index contributed by atoms with van der Waals surface area (Å²) in [4.78, 5) is 11.8. The Morgan fingerprint density at radius 3 is 2.43 bits per heavy atom. The first-order valence-corrected chi connectivity index (χ1v) is 8.88. The lowest BCUT2D eigenvalue weighted by molar-refractivity contribution is -0.149. The summed E-state index contributed by atoms with van der Waals surface area (Å²) < 4.78 is 0. The third kappa shape index (κ3) is 1.99. The molecule has 0 spiro atoms. The van der Waals surface area contributed by atoms with Crippen LogP contribution in [0.2, 0.25) is 0 Å². The Kier molecular flexibility index (Phi) is 3.43. The summed E-state index contributed by atoms with van der Waals surface area (Å²) in [5.41, 5.74) is 2.41. The maximum absolute atomic E-state index is 11.8. The van der Waals surface area contributed by atoms with Crippen molar-refractivity contribution >= 4 is 6.29 Å². The van der Waals surface area contributed by atoms with Gasteiger partial charge < -0.3 is 4.79 Å². The first-order chi connectivity index (χ1) is 9.75. The molecular weight excluding hydrogens is 256 g/mol. The summed E-state index contributed by atoms with van der Waals surface area (Å²) in [5.74, 6) is 1.66. The molecule has 0 N–H and O–H groups in total. The summed E-state index contributed by atoms with van der Waals surface area (Å²) in [5, 5.41) is 0. The Morgan fingerprint density at radius 1 is 1.05 bits per heavy atom. The van der Waals surface area contributed by atoms with E-state index in [1.54, 1.807) is 0 Å². The van der Waals surface area contributed by atoms with Crippen LogP contribution < -0.4 is 0 Å². The topological polar surface area (TPSA) is 17.1 Å². The zero-order chi connectivity index (χ0) is 15.5. The molecule has 1 nitrogen and oxygen atoms in total. The Labute approximate surface area is 130 Å². The van der Waals surface area contributed by atoms with E-state index in [4.69, 9.17) is 0 Å². The average molecular weight is 288 g/mol. The van der Waals surface area contributed by atoms with E-state index in [0.29, 0.717) is 16.7 Å². The molecule has 0 unspecified atom stereocenters. The van der Waals surface area contributed by atoms with E-state index in [1.165, 1.54) is 50.4 Å². The van der Waals surface area contributed by atoms with Crippen LogP contribution in [-0.4, -0.2) is 6.29 Å². The van der Waals surface area contributed by atoms with Crippen LogP contribution in [-0.2, 0) is 4.79 Å². The molecule has 0 radical (unpaired) electrons. The second-order valence-corrected chi connectivity index (χ2v) is 9.30. The number of aldehydes is 1. The summed E-state index contributed by atoms with van der Waals surface area (Å²) >= 11 is 0. The molecule has 1 heteroatoms. The molecule has 0 aromatic rings. The van der Waals surface area contributed by atoms with Crippen molar-refractivity contribution in [1.29, 1.82) is 0 Å². The quantitative estimate of drug-likeness (QED) is 0.466. The predicted molar refractivity (Wildman–Crippen MR) is 88.0 cm³/mol. The van der Waals surface area contributed by atoms with E-state index < -0.39 is 0 Å². The molecule has 2 saturated carbocycles. The van der Waals surface area contributed by atoms with Gasteiger partial charge in [0.05, 0.1) is 0 Å². The number of allylic oxidation sites excluding steroid dienone is 2. The predicted octanol–water partition coefficient (Wildman–Crippen LogP) is 5.40. The number of hydrogen-bond donors (Lipinski definition) is 0. The highest BCUT2D eigenvalue weighted by atomic mass is 16.1. The Bertz CT molecular complexity index is 474. The maximum Gasteiger partial charge on any atom is 0.127 e. The lowest BCUT2D eigenvalue weighted by Crippen LogP contribution is -2.57. The van der Waals surface area contributed by atoms with Crippen molar-refractivity contribution in [2.45, 2.75) is 73.1 Å². The third-order valence-corrected chi connectivity index (χ3v) is 7.85. The van der Waals surface area contributed by atoms with Gasteiger partial charge >= 0.3 is 0 Å². The number of carbonyl (C=O) groups is 1. The van der Waals surface area contributed by atoms with Gasteiger partial charge in [-0.05, 0) is 67.1 Å². The van der Waals surface area contributed by atoms with Crippen LogP contribution in [0, 0.1) is 34.0 Å². The summed E-state index contributed by atoms with van der Waals surface area (Å²) in [6.07, 6.45) is 11.5. The molecule has 0 amide bonds. The highest BCUT2D eigenvalue weighted by Crippen LogP contribution is 2.67. The summed E-state index contributed by atoms with van der Waals surface area (Å²) in [6.45, 7) is 12.1. The van der Waals surface area contributed by atoms with Crippen LogP contribution in [0.4, 0.5) is 0 Å². The fraction of sp³-hybridized carbons (Fsp3) is 0.850. The van der Waals surface area contributed by atoms with Gasteiger partial charge in [-0.3, -0.25) is 0 Å². The highest BCUT2D eigenvalue weighted by Gasteiger charge is 2.60. The molecule has 2 fully saturated rings. The second kappa shape index (κ2) is 4.70. The van der Waals surface area contributed by atoms with Crippen molar-refractivity contribution in [3.05, 3.63) is 11.6 Å². The van der Waals surface area contributed by atoms with E-state index in [0.717, 1.165) is 5.92 Å². The SMILES string of the molecule is CC1=CC[C@H]2[C@@](C)(CC[C@H]3C(C)(C)CCC[C@]23C)[C@@H]1C=O. The van der Waals surface area contributed by atoms with Gasteiger partial charge in [-0.15, -0.1) is 0 Å². The zero-order valence-electron chi connectivity index (χ0n) is 14.5. The van der Waals surface area contributed by atoms with Gasteiger partial charge in [-0.1, -0.05) is 45.8 Å². The summed E-state index contributed by atoms with van der Waals surface area (Å²) in [7, 11) is 0. The Hall–Kier alpha value is -0.590. The average Bonchev–Trinajstić information content (AvgIpc) is 2.36. The summed E-state index contributed by atoms with van der Waals surface area (Å²) in [6, 6.07) is 0. The molecule has 0 aliphatic heterocycles. The molecule has 0 aromatic heterocycles. The van der Waals surface area contributed by atoms with Gasteiger partial charge in [0.25, 0.3) is 0 Å². The van der Waals surface area contributed by atoms with Gasteiger partial charge in [0.1, 0.15) is 6.29 Å². The normalized spacial score (nSPS) is 48.8. The van der Waals surface area contributed by atoms with E-state index >= 15 is 0 Å². The van der Waals surface area contributed by atoms with Crippen molar-refractivity contribution in [2.75, 3.05) is 0 Å². The van der Waals surface area contributed by atoms with Gasteiger partial charge in [0.15, 0.2) is 0 Å². The van der Waals surface area contributed by atoms with Crippen molar-refractivity contribution in [3.63, 3.8) is 0 Å². The van der Waals surface area contributed by atoms with Gasteiger partial charge in [0.2, 0.25) is 0 Å². The number of carbonyl (C=O) groups excluding carboxylic acids is 1. The third-order valence-electron chi connectivity index (χ3n) is 7.85. The largest absolute Gasteiger partial charge is 0.303 e. The second-order valence-electron chi connectivity index (χ2n) is 9.30. The van der Waals surface area contributed by atoms with Crippen LogP contribution in [0.1, 0.15) is 73.1 Å². The fourth-order valence-electron chi connectivity index (χ4n) is 6.81. The molecule has 0 heterocycles. The van der Waals surface area contributed by atoms with E-state index in [2.05, 4.69) is 40.7 Å². The molecule has 118 valence electrons. The molecule has 5 atom stereocenters. The zero-order valence-corrected chi connectivity index (χ0v) is 14.5. The minimum atomic E-state index is 0.152. The molecule has 0 aromatic carbocycles. The molecule has 0 bridgehead atoms. The molecule has 21 heavy (non-hydrogen) atoms. The maximum atomic E-state index is 11.8. The van der Waals surface area contributed by atoms with Crippen molar-refractivity contribution < 1.29 is 4.79 Å². The van der Waals surface area contributed by atoms with Gasteiger partial charge in [-0.2, -0.15) is 0 Å². The monoisotopic (exact) mass is 288 g/mol. The van der Waals surface area contributed by atoms with Crippen molar-refractivity contribution in [3.8, 4) is 0 Å². The number of fused-ring (bicyclic) bond motifs is 3. The van der Waals surface area contributed by atoms with Gasteiger partial charge in [-0.25, -0.2) is 0 Å². The van der Waals surface area contributed by atoms with Crippen molar-refractivity contribution in [2.24, 2.45) is 34.0 Å². The molecule has 3 rings (SSSR count). The fourth-order valence-corrected chi connectivity index (χ4v) is 6.81. The molecular formula is C20H32O. The van der Waals surface area contributed by atoms with Crippen LogP contribution in [0.25, 0.3) is 0 Å². The standard InChI is InChI=1S/C20H32O/c1-14-7-8-17-19(4,15(14)13-21)12-9-16-18(2,3)10-6-11-20(16,17)5/h7,13,15-17H,6,8-12H2,1-5H3/t15-,16+,17+,19+,20+/m1/s1. The van der Waals surface area contributed by atoms with Gasteiger partial charge in [0, 0.05) is 5.92 Å². The number of hydrogen-bond acceptors (Lipinski definition) is 1. The van der Waals surface area contributed by atoms with E-state index in [1.807, 2.05) is 0 Å². The van der Waals surface area contributed by atoms with Crippen LogP contribution in [0.15, 0.2) is 11.6 Å². The molecule has 3 aliphatic rings. The first kappa shape index (κ1) is 15.3. The minimum absolute atomic E-state index is 0.152. The Morgan fingerprint density at radius 2 is 1.76 bits per heavy atom. The lowest BCUT2D eigenvalue weighted by Gasteiger charge is -2.64. The van der Waals surface area contributed by atoms with Crippen LogP contribution in [0.3, 0.4) is 0 Å². The van der Waals surface area contributed by atoms with Crippen LogP contribution >= 0.6 is 0 Å². The first-order valence-electron chi connectivity index (χ1n) is 8.88. The van der Waals surface area contributed by atoms with E-state index in [-0.39, 0.29) is 11.3 Å². The number of rotatable bonds is 1. The van der Waals surface area contributed by atoms with Crippen LogP contribution in [0.5, 0.6) is 0 Å². The minimum Gasteiger partial charge on any atom is -0.303 e.